The van der Waals surface area contributed by atoms with Crippen molar-refractivity contribution >= 4 is 35.3 Å². The number of nitrogens with zero attached hydrogens (tertiary/aromatic N) is 2. The molecule has 2 amide bonds. The summed E-state index contributed by atoms with van der Waals surface area (Å²) in [5, 5.41) is 6.01. The molecule has 2 N–H and O–H groups in total. The molecule has 0 radical (unpaired) electrons. The summed E-state index contributed by atoms with van der Waals surface area (Å²) in [5.74, 6) is -0.232. The highest BCUT2D eigenvalue weighted by molar-refractivity contribution is 6.05. The number of benzene rings is 4. The molecule has 6 nitrogen and oxygen atoms in total. The number of rotatable bonds is 16. The van der Waals surface area contributed by atoms with Gasteiger partial charge in [-0.3, -0.25) is 9.59 Å². The standard InChI is InChI=1S/C42H52N4O2.2ClH/c1-7-9-29-45(3,4)31-35-13-21-37(22-14-35)41(47)43-39-25-17-33(18-26-39)11-12-34-19-27-40(28-20-34)44-42(48)38-23-15-36(16-24-38)32-46(5,6)30-10-8-2;;/h11-28H,7-10,29-32H2,1-6H3;2*1H. The molecule has 4 aromatic rings. The number of hydrogen-bond donors (Lipinski definition) is 2. The zero-order valence-electron chi connectivity index (χ0n) is 30.5. The highest BCUT2D eigenvalue weighted by atomic mass is 35.5. The maximum absolute atomic E-state index is 12.9. The fourth-order valence-corrected chi connectivity index (χ4v) is 5.80. The Morgan fingerprint density at radius 3 is 1.14 bits per heavy atom. The van der Waals surface area contributed by atoms with E-state index in [1.165, 1.54) is 36.8 Å². The van der Waals surface area contributed by atoms with Crippen LogP contribution in [0, 0.1) is 0 Å². The van der Waals surface area contributed by atoms with Gasteiger partial charge in [-0.25, -0.2) is 0 Å². The van der Waals surface area contributed by atoms with Crippen molar-refractivity contribution in [3.05, 3.63) is 130 Å². The smallest absolute Gasteiger partial charge is 0.255 e. The maximum Gasteiger partial charge on any atom is 0.255 e. The lowest BCUT2D eigenvalue weighted by atomic mass is 10.1. The molecule has 0 aliphatic rings. The first-order valence-corrected chi connectivity index (χ1v) is 17.3. The van der Waals surface area contributed by atoms with E-state index in [9.17, 15) is 9.59 Å². The maximum atomic E-state index is 12.9. The lowest BCUT2D eigenvalue weighted by molar-refractivity contribution is -0.903. The minimum Gasteiger partial charge on any atom is -1.00 e. The molecule has 0 atom stereocenters. The molecule has 0 aliphatic heterocycles. The quantitative estimate of drug-likeness (QED) is 0.138. The number of carbonyl (C=O) groups excluding carboxylic acids is 2. The van der Waals surface area contributed by atoms with Crippen LogP contribution in [-0.4, -0.2) is 62.1 Å². The van der Waals surface area contributed by atoms with Gasteiger partial charge in [-0.05, 0) is 72.5 Å². The van der Waals surface area contributed by atoms with Crippen LogP contribution in [-0.2, 0) is 13.1 Å². The highest BCUT2D eigenvalue weighted by Gasteiger charge is 2.17. The van der Waals surface area contributed by atoms with Gasteiger partial charge in [-0.2, -0.15) is 0 Å². The van der Waals surface area contributed by atoms with Crippen molar-refractivity contribution in [1.29, 1.82) is 0 Å². The first-order chi connectivity index (χ1) is 22.9. The van der Waals surface area contributed by atoms with Crippen LogP contribution in [0.5, 0.6) is 0 Å². The molecule has 0 bridgehead atoms. The summed E-state index contributed by atoms with van der Waals surface area (Å²) in [6, 6.07) is 31.5. The summed E-state index contributed by atoms with van der Waals surface area (Å²) >= 11 is 0. The Labute approximate surface area is 312 Å². The summed E-state index contributed by atoms with van der Waals surface area (Å²) in [6.07, 6.45) is 8.88. The van der Waals surface area contributed by atoms with Gasteiger partial charge >= 0.3 is 0 Å². The average Bonchev–Trinajstić information content (AvgIpc) is 3.07. The van der Waals surface area contributed by atoms with Gasteiger partial charge < -0.3 is 44.4 Å². The van der Waals surface area contributed by atoms with Crippen molar-refractivity contribution < 1.29 is 43.4 Å². The van der Waals surface area contributed by atoms with Crippen molar-refractivity contribution in [2.75, 3.05) is 51.9 Å². The van der Waals surface area contributed by atoms with E-state index in [1.54, 1.807) is 0 Å². The largest absolute Gasteiger partial charge is 1.00 e. The molecule has 8 heteroatoms. The summed E-state index contributed by atoms with van der Waals surface area (Å²) in [4.78, 5) is 25.7. The number of hydrogen-bond acceptors (Lipinski definition) is 2. The Hall–Kier alpha value is -3.94. The number of amides is 2. The molecule has 0 unspecified atom stereocenters. The Morgan fingerprint density at radius 1 is 0.520 bits per heavy atom. The van der Waals surface area contributed by atoms with Gasteiger partial charge in [-0.15, -0.1) is 0 Å². The number of unbranched alkanes of at least 4 members (excludes halogenated alkanes) is 2. The van der Waals surface area contributed by atoms with Crippen LogP contribution in [0.4, 0.5) is 11.4 Å². The van der Waals surface area contributed by atoms with E-state index in [1.807, 2.05) is 84.9 Å². The van der Waals surface area contributed by atoms with Crippen molar-refractivity contribution in [2.45, 2.75) is 52.6 Å². The third kappa shape index (κ3) is 13.8. The minimum absolute atomic E-state index is 0. The Kier molecular flexibility index (Phi) is 16.9. The van der Waals surface area contributed by atoms with Crippen LogP contribution in [0.1, 0.15) is 82.5 Å². The van der Waals surface area contributed by atoms with E-state index in [0.29, 0.717) is 11.1 Å². The van der Waals surface area contributed by atoms with E-state index < -0.39 is 0 Å². The summed E-state index contributed by atoms with van der Waals surface area (Å²) in [6.45, 7) is 8.62. The van der Waals surface area contributed by atoms with Gasteiger partial charge in [0.25, 0.3) is 11.8 Å². The number of carbonyl (C=O) groups is 2. The molecular weight excluding hydrogens is 663 g/mol. The predicted octanol–water partition coefficient (Wildman–Crippen LogP) is 3.12. The number of quaternary nitrogens is 2. The van der Waals surface area contributed by atoms with E-state index in [4.69, 9.17) is 0 Å². The van der Waals surface area contributed by atoms with Gasteiger partial charge in [0.05, 0.1) is 41.3 Å². The zero-order valence-corrected chi connectivity index (χ0v) is 32.0. The monoisotopic (exact) mass is 716 g/mol. The lowest BCUT2D eigenvalue weighted by Gasteiger charge is -2.29. The fourth-order valence-electron chi connectivity index (χ4n) is 5.80. The van der Waals surface area contributed by atoms with Crippen LogP contribution in [0.15, 0.2) is 97.1 Å². The number of nitrogens with one attached hydrogen (secondary N) is 2. The Morgan fingerprint density at radius 2 is 0.840 bits per heavy atom. The van der Waals surface area contributed by atoms with E-state index in [-0.39, 0.29) is 36.6 Å². The SMILES string of the molecule is CCCC[N+](C)(C)Cc1ccc(C(=O)Nc2ccc(C=Cc3ccc(NC(=O)c4ccc(C[N+](C)(C)CCCC)cc4)cc3)cc2)cc1.[Cl-].[Cl-]. The average molecular weight is 718 g/mol. The van der Waals surface area contributed by atoms with Crippen molar-refractivity contribution in [2.24, 2.45) is 0 Å². The van der Waals surface area contributed by atoms with Crippen LogP contribution < -0.4 is 35.4 Å². The molecule has 0 aromatic heterocycles. The summed E-state index contributed by atoms with van der Waals surface area (Å²) < 4.78 is 1.88. The topological polar surface area (TPSA) is 58.2 Å². The molecule has 0 spiro atoms. The molecule has 4 aromatic carbocycles. The molecule has 268 valence electrons. The molecule has 0 aliphatic carbocycles. The number of anilines is 2. The second-order valence-corrected chi connectivity index (χ2v) is 14.2. The summed E-state index contributed by atoms with van der Waals surface area (Å²) in [5.41, 5.74) is 7.32. The molecule has 0 saturated heterocycles. The zero-order chi connectivity index (χ0) is 34.6. The first-order valence-electron chi connectivity index (χ1n) is 17.3. The van der Waals surface area contributed by atoms with Gasteiger partial charge in [0.2, 0.25) is 0 Å². The Balaban J connectivity index is 0.00000433. The van der Waals surface area contributed by atoms with Crippen molar-refractivity contribution in [3.8, 4) is 0 Å². The third-order valence-electron chi connectivity index (χ3n) is 8.69. The second kappa shape index (κ2) is 20.0. The molecule has 0 saturated carbocycles. The minimum atomic E-state index is -0.116. The van der Waals surface area contributed by atoms with Crippen LogP contribution in [0.25, 0.3) is 12.2 Å². The van der Waals surface area contributed by atoms with Crippen molar-refractivity contribution in [1.82, 2.24) is 0 Å². The van der Waals surface area contributed by atoms with Crippen LogP contribution >= 0.6 is 0 Å². The lowest BCUT2D eigenvalue weighted by Crippen LogP contribution is -3.00. The van der Waals surface area contributed by atoms with Crippen molar-refractivity contribution in [3.63, 3.8) is 0 Å². The van der Waals surface area contributed by atoms with Gasteiger partial charge in [0, 0.05) is 33.6 Å². The van der Waals surface area contributed by atoms with E-state index in [2.05, 4.69) is 76.9 Å². The van der Waals surface area contributed by atoms with Gasteiger partial charge in [0.1, 0.15) is 13.1 Å². The van der Waals surface area contributed by atoms with Crippen LogP contribution in [0.3, 0.4) is 0 Å². The van der Waals surface area contributed by atoms with E-state index >= 15 is 0 Å². The van der Waals surface area contributed by atoms with E-state index in [0.717, 1.165) is 57.6 Å². The normalized spacial score (nSPS) is 11.4. The molecule has 0 fully saturated rings. The molecule has 50 heavy (non-hydrogen) atoms. The summed E-state index contributed by atoms with van der Waals surface area (Å²) in [7, 11) is 9.01. The predicted molar refractivity (Wildman–Crippen MR) is 202 cm³/mol. The van der Waals surface area contributed by atoms with Crippen LogP contribution in [0.2, 0.25) is 0 Å². The third-order valence-corrected chi connectivity index (χ3v) is 8.69. The Bertz CT molecular complexity index is 1520. The molecule has 4 rings (SSSR count). The second-order valence-electron chi connectivity index (χ2n) is 14.2. The molecule has 0 heterocycles. The number of halogens is 2. The fraction of sp³-hybridized carbons (Fsp3) is 0.333. The first kappa shape index (κ1) is 42.2. The highest BCUT2D eigenvalue weighted by Crippen LogP contribution is 2.18. The van der Waals surface area contributed by atoms with Gasteiger partial charge in [0.15, 0.2) is 0 Å². The molecular formula is C42H54Cl2N4O2. The van der Waals surface area contributed by atoms with Gasteiger partial charge in [-0.1, -0.05) is 87.4 Å².